The fourth-order valence-electron chi connectivity index (χ4n) is 6.35. The molecule has 0 saturated carbocycles. The van der Waals surface area contributed by atoms with Gasteiger partial charge in [0.15, 0.2) is 23.3 Å². The Morgan fingerprint density at radius 3 is 1.85 bits per heavy atom. The van der Waals surface area contributed by atoms with E-state index in [1.54, 1.807) is 34.6 Å². The molecular formula is C42H40F5N5O10. The van der Waals surface area contributed by atoms with Crippen molar-refractivity contribution in [3.63, 3.8) is 0 Å². The largest absolute Gasteiger partial charge is 0.507 e. The second kappa shape index (κ2) is 18.3. The molecule has 4 aromatic rings. The van der Waals surface area contributed by atoms with Gasteiger partial charge >= 0.3 is 11.9 Å². The second-order valence-corrected chi connectivity index (χ2v) is 15.4. The zero-order chi connectivity index (χ0) is 46.0. The van der Waals surface area contributed by atoms with E-state index in [1.807, 2.05) is 0 Å². The van der Waals surface area contributed by atoms with Gasteiger partial charge in [-0.3, -0.25) is 24.0 Å². The van der Waals surface area contributed by atoms with Gasteiger partial charge in [-0.1, -0.05) is 38.1 Å². The Kier molecular flexibility index (Phi) is 13.5. The molecule has 0 radical (unpaired) electrons. The molecule has 0 spiro atoms. The molecule has 8 N–H and O–H groups in total. The number of nitrogens with two attached hydrogens (primary N) is 1. The lowest BCUT2D eigenvalue weighted by atomic mass is 9.80. The molecule has 0 saturated heterocycles. The van der Waals surface area contributed by atoms with Gasteiger partial charge in [-0.2, -0.15) is 0 Å². The van der Waals surface area contributed by atoms with Gasteiger partial charge < -0.3 is 46.7 Å². The third-order valence-corrected chi connectivity index (χ3v) is 9.32. The molecule has 3 unspecified atom stereocenters. The van der Waals surface area contributed by atoms with Crippen LogP contribution in [0.4, 0.5) is 33.3 Å². The summed E-state index contributed by atoms with van der Waals surface area (Å²) < 4.78 is 81.7. The third kappa shape index (κ3) is 10.1. The number of rotatable bonds is 13. The molecule has 0 fully saturated rings. The van der Waals surface area contributed by atoms with E-state index < -0.39 is 118 Å². The maximum Gasteiger partial charge on any atom is 0.339 e. The van der Waals surface area contributed by atoms with Crippen LogP contribution in [0.1, 0.15) is 84.4 Å². The van der Waals surface area contributed by atoms with E-state index in [9.17, 15) is 60.9 Å². The van der Waals surface area contributed by atoms with Gasteiger partial charge in [0.25, 0.3) is 5.91 Å². The lowest BCUT2D eigenvalue weighted by molar-refractivity contribution is -0.156. The highest BCUT2D eigenvalue weighted by Crippen LogP contribution is 2.50. The van der Waals surface area contributed by atoms with Crippen molar-refractivity contribution in [2.24, 2.45) is 11.7 Å². The number of hydrogen-bond acceptors (Lipinski definition) is 10. The fourth-order valence-corrected chi connectivity index (χ4v) is 6.35. The van der Waals surface area contributed by atoms with Gasteiger partial charge in [-0.15, -0.1) is 0 Å². The van der Waals surface area contributed by atoms with E-state index in [1.165, 1.54) is 42.5 Å². The number of esters is 1. The number of halogens is 5. The summed E-state index contributed by atoms with van der Waals surface area (Å²) in [5, 5.41) is 30.0. The standard InChI is InChI=1S/C42H40F5N5O10/c1-17(2)37(48)40(58)52-23(15-28(55)62-42(3,4)5)38(56)49-16-27(54)50-18-9-11-20-25(13-18)61-26-14-19(51-39(57)31-32(43)34(45)36(47)35(46)33(31)44)10-12-21(26)29(20)22-7-6-8-24(53)30(22)41(59)60/h6-14,17,23,29,37,53H,15-16,48H2,1-5H3,(H,49,56)(H,50,54)(H,51,57)(H,52,58)(H,59,60). The van der Waals surface area contributed by atoms with Crippen LogP contribution in [-0.2, 0) is 23.9 Å². The molecule has 0 aliphatic carbocycles. The van der Waals surface area contributed by atoms with Gasteiger partial charge in [0, 0.05) is 40.6 Å². The fraction of sp³-hybridized carbons (Fsp3) is 0.286. The Bertz CT molecular complexity index is 2460. The summed E-state index contributed by atoms with van der Waals surface area (Å²) in [6.45, 7) is 7.51. The van der Waals surface area contributed by atoms with Crippen molar-refractivity contribution in [1.82, 2.24) is 10.6 Å². The van der Waals surface area contributed by atoms with E-state index >= 15 is 0 Å². The topological polar surface area (TPSA) is 235 Å². The Balaban J connectivity index is 1.42. The minimum atomic E-state index is -2.46. The number of carbonyl (C=O) groups is 6. The number of benzene rings is 4. The number of carboxylic acids is 1. The van der Waals surface area contributed by atoms with Crippen molar-refractivity contribution in [3.05, 3.63) is 112 Å². The van der Waals surface area contributed by atoms with Crippen LogP contribution in [0.3, 0.4) is 0 Å². The van der Waals surface area contributed by atoms with Crippen molar-refractivity contribution in [1.29, 1.82) is 0 Å². The molecular weight excluding hydrogens is 829 g/mol. The minimum absolute atomic E-state index is 0.0195. The van der Waals surface area contributed by atoms with E-state index in [-0.39, 0.29) is 39.9 Å². The van der Waals surface area contributed by atoms with Crippen molar-refractivity contribution in [2.45, 2.75) is 64.6 Å². The number of amides is 4. The molecule has 15 nitrogen and oxygen atoms in total. The Hall–Kier alpha value is -7.09. The van der Waals surface area contributed by atoms with Crippen LogP contribution in [0.5, 0.6) is 17.2 Å². The maximum absolute atomic E-state index is 14.4. The smallest absolute Gasteiger partial charge is 0.339 e. The predicted octanol–water partition coefficient (Wildman–Crippen LogP) is 5.58. The molecule has 0 aromatic heterocycles. The highest BCUT2D eigenvalue weighted by Gasteiger charge is 2.35. The van der Waals surface area contributed by atoms with Gasteiger partial charge in [-0.25, -0.2) is 26.7 Å². The number of aromatic carboxylic acids is 1. The van der Waals surface area contributed by atoms with Crippen LogP contribution < -0.4 is 31.7 Å². The lowest BCUT2D eigenvalue weighted by Gasteiger charge is -2.30. The average Bonchev–Trinajstić information content (AvgIpc) is 3.18. The van der Waals surface area contributed by atoms with E-state index in [0.717, 1.165) is 12.1 Å². The van der Waals surface area contributed by atoms with Crippen LogP contribution in [0.2, 0.25) is 0 Å². The summed E-state index contributed by atoms with van der Waals surface area (Å²) in [7, 11) is 0. The van der Waals surface area contributed by atoms with E-state index in [2.05, 4.69) is 21.3 Å². The number of aromatic hydroxyl groups is 1. The number of phenols is 1. The van der Waals surface area contributed by atoms with Crippen molar-refractivity contribution >= 4 is 46.9 Å². The maximum atomic E-state index is 14.4. The number of nitrogens with one attached hydrogen (secondary N) is 4. The third-order valence-electron chi connectivity index (χ3n) is 9.32. The molecule has 4 aromatic carbocycles. The minimum Gasteiger partial charge on any atom is -0.507 e. The lowest BCUT2D eigenvalue weighted by Crippen LogP contribution is -2.54. The Labute approximate surface area is 349 Å². The molecule has 5 rings (SSSR count). The monoisotopic (exact) mass is 869 g/mol. The molecule has 328 valence electrons. The molecule has 20 heteroatoms. The zero-order valence-electron chi connectivity index (χ0n) is 33.5. The predicted molar refractivity (Wildman–Crippen MR) is 210 cm³/mol. The van der Waals surface area contributed by atoms with Crippen molar-refractivity contribution in [3.8, 4) is 17.2 Å². The number of carbonyl (C=O) groups excluding carboxylic acids is 5. The van der Waals surface area contributed by atoms with Crippen molar-refractivity contribution < 1.29 is 70.4 Å². The van der Waals surface area contributed by atoms with E-state index in [4.69, 9.17) is 15.2 Å². The van der Waals surface area contributed by atoms with Crippen LogP contribution in [0, 0.1) is 35.0 Å². The molecule has 1 aliphatic heterocycles. The summed E-state index contributed by atoms with van der Waals surface area (Å²) in [4.78, 5) is 76.9. The molecule has 1 aliphatic rings. The van der Waals surface area contributed by atoms with Crippen LogP contribution >= 0.6 is 0 Å². The van der Waals surface area contributed by atoms with Gasteiger partial charge in [-0.05, 0) is 50.5 Å². The van der Waals surface area contributed by atoms with Gasteiger partial charge in [0.1, 0.15) is 40.0 Å². The number of carboxylic acid groups (broad SMARTS) is 1. The molecule has 4 amide bonds. The van der Waals surface area contributed by atoms with Crippen molar-refractivity contribution in [2.75, 3.05) is 17.2 Å². The molecule has 0 bridgehead atoms. The molecule has 1 heterocycles. The number of hydrogen-bond donors (Lipinski definition) is 7. The summed E-state index contributed by atoms with van der Waals surface area (Å²) in [5.41, 5.74) is 3.16. The number of anilines is 2. The Morgan fingerprint density at radius 2 is 1.32 bits per heavy atom. The van der Waals surface area contributed by atoms with Crippen LogP contribution in [0.15, 0.2) is 54.6 Å². The summed E-state index contributed by atoms with van der Waals surface area (Å²) in [6, 6.07) is 9.31. The average molecular weight is 870 g/mol. The number of ether oxygens (including phenoxy) is 2. The SMILES string of the molecule is CC(C)C(N)C(=O)NC(CC(=O)OC(C)(C)C)C(=O)NCC(=O)Nc1ccc2c(c1)Oc1cc(NC(=O)c3c(F)c(F)c(F)c(F)c3F)ccc1C2c1cccc(O)c1C(=O)O. The first-order valence-corrected chi connectivity index (χ1v) is 18.7. The highest BCUT2D eigenvalue weighted by molar-refractivity contribution is 6.05. The zero-order valence-corrected chi connectivity index (χ0v) is 33.5. The summed E-state index contributed by atoms with van der Waals surface area (Å²) in [6.07, 6.45) is -0.586. The summed E-state index contributed by atoms with van der Waals surface area (Å²) >= 11 is 0. The van der Waals surface area contributed by atoms with E-state index in [0.29, 0.717) is 5.56 Å². The molecule has 62 heavy (non-hydrogen) atoms. The first kappa shape index (κ1) is 46.0. The first-order chi connectivity index (χ1) is 29.0. The van der Waals surface area contributed by atoms with Gasteiger partial charge in [0.05, 0.1) is 19.0 Å². The molecule has 3 atom stereocenters. The quantitative estimate of drug-likeness (QED) is 0.0334. The van der Waals surface area contributed by atoms with Crippen LogP contribution in [-0.4, -0.2) is 70.0 Å². The normalized spacial score (nSPS) is 14.0. The number of fused-ring (bicyclic) bond motifs is 2. The second-order valence-electron chi connectivity index (χ2n) is 15.4. The Morgan fingerprint density at radius 1 is 0.774 bits per heavy atom. The van der Waals surface area contributed by atoms with Crippen LogP contribution in [0.25, 0.3) is 0 Å². The van der Waals surface area contributed by atoms with Gasteiger partial charge in [0.2, 0.25) is 23.5 Å². The first-order valence-electron chi connectivity index (χ1n) is 18.7. The highest BCUT2D eigenvalue weighted by atomic mass is 19.2. The summed E-state index contributed by atoms with van der Waals surface area (Å²) in [5.74, 6) is -20.4.